The third-order valence-electron chi connectivity index (χ3n) is 4.41. The second-order valence-electron chi connectivity index (χ2n) is 7.06. The topological polar surface area (TPSA) is 72.8 Å². The number of aromatic amines is 1. The number of hydrogen-bond acceptors (Lipinski definition) is 5. The van der Waals surface area contributed by atoms with Crippen molar-refractivity contribution >= 4 is 28.6 Å². The lowest BCUT2D eigenvalue weighted by Gasteiger charge is -2.11. The summed E-state index contributed by atoms with van der Waals surface area (Å²) in [6.07, 6.45) is 1.81. The Morgan fingerprint density at radius 3 is 2.79 bits per heavy atom. The molecule has 2 aromatic heterocycles. The molecule has 0 aliphatic rings. The Bertz CT molecular complexity index is 1160. The van der Waals surface area contributed by atoms with Crippen molar-refractivity contribution in [2.24, 2.45) is 0 Å². The maximum absolute atomic E-state index is 12.0. The highest BCUT2D eigenvalue weighted by Crippen LogP contribution is 2.32. The third-order valence-corrected chi connectivity index (χ3v) is 5.31. The van der Waals surface area contributed by atoms with Crippen LogP contribution in [0, 0.1) is 6.92 Å². The number of carbonyl (C=O) groups excluding carboxylic acids is 1. The first-order valence-corrected chi connectivity index (χ1v) is 10.4. The second-order valence-corrected chi connectivity index (χ2v) is 8.00. The van der Waals surface area contributed by atoms with Gasteiger partial charge in [-0.2, -0.15) is 0 Å². The first-order valence-electron chi connectivity index (χ1n) is 9.44. The largest absolute Gasteiger partial charge is 0.462 e. The zero-order valence-corrected chi connectivity index (χ0v) is 17.4. The number of ether oxygens (including phenoxy) is 1. The third kappa shape index (κ3) is 4.05. The van der Waals surface area contributed by atoms with Crippen molar-refractivity contribution in [3.05, 3.63) is 60.3 Å². The van der Waals surface area contributed by atoms with Crippen LogP contribution in [0.5, 0.6) is 0 Å². The Hall–Kier alpha value is -3.06. The number of aryl methyl sites for hydroxylation is 1. The van der Waals surface area contributed by atoms with Crippen molar-refractivity contribution in [1.82, 2.24) is 19.7 Å². The summed E-state index contributed by atoms with van der Waals surface area (Å²) >= 11 is 1.33. The summed E-state index contributed by atoms with van der Waals surface area (Å²) in [7, 11) is 0. The SMILES string of the molecule is Cc1cccc(-n2c(SCC(=O)OC(C)C)nnc2-c2c[nH]c3ccccc23)c1. The van der Waals surface area contributed by atoms with E-state index in [0.717, 1.165) is 33.5 Å². The second kappa shape index (κ2) is 8.13. The maximum Gasteiger partial charge on any atom is 0.316 e. The van der Waals surface area contributed by atoms with Crippen LogP contribution >= 0.6 is 11.8 Å². The number of fused-ring (bicyclic) bond motifs is 1. The zero-order chi connectivity index (χ0) is 20.4. The molecular formula is C22H22N4O2S. The molecule has 4 rings (SSSR count). The fraction of sp³-hybridized carbons (Fsp3) is 0.227. The highest BCUT2D eigenvalue weighted by molar-refractivity contribution is 7.99. The van der Waals surface area contributed by atoms with Crippen LogP contribution in [0.3, 0.4) is 0 Å². The molecule has 0 fully saturated rings. The van der Waals surface area contributed by atoms with Crippen molar-refractivity contribution in [3.63, 3.8) is 0 Å². The molecule has 0 radical (unpaired) electrons. The summed E-state index contributed by atoms with van der Waals surface area (Å²) in [4.78, 5) is 15.3. The lowest BCUT2D eigenvalue weighted by atomic mass is 10.1. The van der Waals surface area contributed by atoms with Gasteiger partial charge < -0.3 is 9.72 Å². The van der Waals surface area contributed by atoms with E-state index in [0.29, 0.717) is 5.16 Å². The Balaban J connectivity index is 1.78. The van der Waals surface area contributed by atoms with E-state index in [1.54, 1.807) is 0 Å². The number of H-pyrrole nitrogens is 1. The molecule has 1 N–H and O–H groups in total. The van der Waals surface area contributed by atoms with Gasteiger partial charge in [0.15, 0.2) is 11.0 Å². The molecule has 148 valence electrons. The van der Waals surface area contributed by atoms with Gasteiger partial charge in [-0.25, -0.2) is 0 Å². The fourth-order valence-electron chi connectivity index (χ4n) is 3.21. The average molecular weight is 407 g/mol. The molecule has 7 heteroatoms. The minimum Gasteiger partial charge on any atom is -0.462 e. The number of rotatable bonds is 6. The quantitative estimate of drug-likeness (QED) is 0.369. The minimum absolute atomic E-state index is 0.139. The first kappa shape index (κ1) is 19.3. The van der Waals surface area contributed by atoms with Crippen molar-refractivity contribution in [1.29, 1.82) is 0 Å². The summed E-state index contributed by atoms with van der Waals surface area (Å²) in [6, 6.07) is 16.2. The predicted octanol–water partition coefficient (Wildman–Crippen LogP) is 4.77. The van der Waals surface area contributed by atoms with Gasteiger partial charge >= 0.3 is 5.97 Å². The van der Waals surface area contributed by atoms with E-state index < -0.39 is 0 Å². The van der Waals surface area contributed by atoms with Crippen LogP contribution in [0.4, 0.5) is 0 Å². The number of carbonyl (C=O) groups is 1. The molecule has 29 heavy (non-hydrogen) atoms. The number of aromatic nitrogens is 4. The Morgan fingerprint density at radius 1 is 1.17 bits per heavy atom. The van der Waals surface area contributed by atoms with E-state index in [1.807, 2.05) is 67.9 Å². The van der Waals surface area contributed by atoms with Gasteiger partial charge in [0.2, 0.25) is 0 Å². The predicted molar refractivity (Wildman–Crippen MR) is 115 cm³/mol. The molecular weight excluding hydrogens is 384 g/mol. The highest BCUT2D eigenvalue weighted by atomic mass is 32.2. The number of hydrogen-bond donors (Lipinski definition) is 1. The van der Waals surface area contributed by atoms with Crippen molar-refractivity contribution < 1.29 is 9.53 Å². The van der Waals surface area contributed by atoms with E-state index in [2.05, 4.69) is 27.3 Å². The molecule has 0 amide bonds. The molecule has 0 atom stereocenters. The van der Waals surface area contributed by atoms with Gasteiger partial charge in [0.25, 0.3) is 0 Å². The van der Waals surface area contributed by atoms with Crippen LogP contribution in [0.25, 0.3) is 28.0 Å². The number of para-hydroxylation sites is 1. The van der Waals surface area contributed by atoms with E-state index in [4.69, 9.17) is 4.74 Å². The summed E-state index contributed by atoms with van der Waals surface area (Å²) in [6.45, 7) is 5.73. The Labute approximate surface area is 173 Å². The normalized spacial score (nSPS) is 11.3. The molecule has 0 aliphatic carbocycles. The standard InChI is InChI=1S/C22H22N4O2S/c1-14(2)28-20(27)13-29-22-25-24-21(26(22)16-8-6-7-15(3)11-16)18-12-23-19-10-5-4-9-17(18)19/h4-12,14,23H,13H2,1-3H3. The summed E-state index contributed by atoms with van der Waals surface area (Å²) < 4.78 is 7.25. The van der Waals surface area contributed by atoms with Gasteiger partial charge in [0, 0.05) is 28.4 Å². The van der Waals surface area contributed by atoms with E-state index in [9.17, 15) is 4.79 Å². The zero-order valence-electron chi connectivity index (χ0n) is 16.5. The molecule has 0 saturated heterocycles. The maximum atomic E-state index is 12.0. The van der Waals surface area contributed by atoms with Crippen molar-refractivity contribution in [2.75, 3.05) is 5.75 Å². The average Bonchev–Trinajstić information content (AvgIpc) is 3.29. The van der Waals surface area contributed by atoms with Gasteiger partial charge in [-0.15, -0.1) is 10.2 Å². The summed E-state index contributed by atoms with van der Waals surface area (Å²) in [5.74, 6) is 0.640. The smallest absolute Gasteiger partial charge is 0.316 e. The van der Waals surface area contributed by atoms with Gasteiger partial charge in [-0.1, -0.05) is 42.1 Å². The lowest BCUT2D eigenvalue weighted by Crippen LogP contribution is -2.13. The van der Waals surface area contributed by atoms with Gasteiger partial charge in [-0.05, 0) is 44.5 Å². The number of benzene rings is 2. The molecule has 0 unspecified atom stereocenters. The van der Waals surface area contributed by atoms with Crippen LogP contribution < -0.4 is 0 Å². The van der Waals surface area contributed by atoms with E-state index >= 15 is 0 Å². The molecule has 4 aromatic rings. The summed E-state index contributed by atoms with van der Waals surface area (Å²) in [5.41, 5.74) is 4.09. The molecule has 0 spiro atoms. The molecule has 0 bridgehead atoms. The first-order chi connectivity index (χ1) is 14.0. The molecule has 0 saturated carbocycles. The van der Waals surface area contributed by atoms with Crippen LogP contribution in [0.2, 0.25) is 0 Å². The molecule has 2 heterocycles. The van der Waals surface area contributed by atoms with E-state index in [-0.39, 0.29) is 17.8 Å². The van der Waals surface area contributed by atoms with Gasteiger partial charge in [0.1, 0.15) is 0 Å². The number of nitrogens with one attached hydrogen (secondary N) is 1. The molecule has 6 nitrogen and oxygen atoms in total. The lowest BCUT2D eigenvalue weighted by molar-refractivity contribution is -0.144. The number of esters is 1. The molecule has 0 aliphatic heterocycles. The summed E-state index contributed by atoms with van der Waals surface area (Å²) in [5, 5.41) is 10.6. The van der Waals surface area contributed by atoms with Crippen LogP contribution in [-0.4, -0.2) is 37.6 Å². The molecule has 2 aromatic carbocycles. The Morgan fingerprint density at radius 2 is 2.00 bits per heavy atom. The van der Waals surface area contributed by atoms with E-state index in [1.165, 1.54) is 11.8 Å². The monoisotopic (exact) mass is 406 g/mol. The van der Waals surface area contributed by atoms with Gasteiger partial charge in [-0.3, -0.25) is 9.36 Å². The number of thioether (sulfide) groups is 1. The fourth-order valence-corrected chi connectivity index (χ4v) is 3.95. The van der Waals surface area contributed by atoms with Crippen molar-refractivity contribution in [3.8, 4) is 17.1 Å². The Kier molecular flexibility index (Phi) is 5.40. The van der Waals surface area contributed by atoms with Gasteiger partial charge in [0.05, 0.1) is 11.9 Å². The highest BCUT2D eigenvalue weighted by Gasteiger charge is 2.20. The van der Waals surface area contributed by atoms with Crippen LogP contribution in [0.1, 0.15) is 19.4 Å². The van der Waals surface area contributed by atoms with Crippen LogP contribution in [-0.2, 0) is 9.53 Å². The van der Waals surface area contributed by atoms with Crippen LogP contribution in [0.15, 0.2) is 59.9 Å². The number of nitrogens with zero attached hydrogens (tertiary/aromatic N) is 3. The minimum atomic E-state index is -0.266. The van der Waals surface area contributed by atoms with Crippen molar-refractivity contribution in [2.45, 2.75) is 32.0 Å².